The van der Waals surface area contributed by atoms with Gasteiger partial charge < -0.3 is 10.1 Å². The summed E-state index contributed by atoms with van der Waals surface area (Å²) in [5, 5.41) is 3.47. The van der Waals surface area contributed by atoms with Crippen molar-refractivity contribution in [2.24, 2.45) is 5.92 Å². The molecule has 1 aliphatic rings. The third kappa shape index (κ3) is 2.73. The Labute approximate surface area is 94.8 Å². The Morgan fingerprint density at radius 2 is 1.93 bits per heavy atom. The fraction of sp³-hybridized carbons (Fsp3) is 1.00. The van der Waals surface area contributed by atoms with E-state index in [9.17, 15) is 0 Å². The molecule has 15 heavy (non-hydrogen) atoms. The zero-order valence-electron chi connectivity index (χ0n) is 10.8. The van der Waals surface area contributed by atoms with Crippen LogP contribution in [-0.4, -0.2) is 25.8 Å². The summed E-state index contributed by atoms with van der Waals surface area (Å²) in [6.07, 6.45) is 7.75. The molecule has 2 heteroatoms. The van der Waals surface area contributed by atoms with E-state index in [1.165, 1.54) is 25.7 Å². The van der Waals surface area contributed by atoms with Crippen molar-refractivity contribution in [3.05, 3.63) is 0 Å². The number of likely N-dealkylation sites (N-methyl/N-ethyl adjacent to an activating group) is 1. The van der Waals surface area contributed by atoms with Gasteiger partial charge in [0.15, 0.2) is 0 Å². The summed E-state index contributed by atoms with van der Waals surface area (Å²) in [6, 6.07) is 0.516. The zero-order valence-corrected chi connectivity index (χ0v) is 10.8. The lowest BCUT2D eigenvalue weighted by molar-refractivity contribution is -0.0538. The Kier molecular flexibility index (Phi) is 5.07. The highest BCUT2D eigenvalue weighted by molar-refractivity contribution is 4.93. The molecule has 1 N–H and O–H groups in total. The minimum Gasteiger partial charge on any atom is -0.377 e. The van der Waals surface area contributed by atoms with Crippen LogP contribution in [-0.2, 0) is 4.74 Å². The van der Waals surface area contributed by atoms with Gasteiger partial charge in [0.2, 0.25) is 0 Å². The first-order valence-electron chi connectivity index (χ1n) is 6.44. The summed E-state index contributed by atoms with van der Waals surface area (Å²) in [6.45, 7) is 4.47. The molecular weight excluding hydrogens is 186 g/mol. The van der Waals surface area contributed by atoms with Crippen LogP contribution >= 0.6 is 0 Å². The molecule has 0 bridgehead atoms. The minimum absolute atomic E-state index is 0.0460. The van der Waals surface area contributed by atoms with Gasteiger partial charge in [-0.05, 0) is 32.2 Å². The summed E-state index contributed by atoms with van der Waals surface area (Å²) >= 11 is 0. The molecule has 1 saturated carbocycles. The molecule has 0 radical (unpaired) electrons. The standard InChI is InChI=1S/C13H27NO/c1-5-13(6-2,15-4)12(14-3)10-11-8-7-9-11/h11-12,14H,5-10H2,1-4H3. The van der Waals surface area contributed by atoms with Crippen LogP contribution in [0.15, 0.2) is 0 Å². The van der Waals surface area contributed by atoms with Crippen LogP contribution in [0, 0.1) is 5.92 Å². The van der Waals surface area contributed by atoms with Crippen LogP contribution < -0.4 is 5.32 Å². The molecule has 0 spiro atoms. The minimum atomic E-state index is 0.0460. The van der Waals surface area contributed by atoms with Crippen molar-refractivity contribution in [3.63, 3.8) is 0 Å². The van der Waals surface area contributed by atoms with Gasteiger partial charge >= 0.3 is 0 Å². The van der Waals surface area contributed by atoms with Crippen molar-refractivity contribution in [1.82, 2.24) is 5.32 Å². The third-order valence-corrected chi connectivity index (χ3v) is 4.38. The maximum atomic E-state index is 5.80. The molecule has 0 aromatic rings. The fourth-order valence-electron chi connectivity index (χ4n) is 2.83. The van der Waals surface area contributed by atoms with E-state index in [2.05, 4.69) is 26.2 Å². The Bertz CT molecular complexity index is 165. The topological polar surface area (TPSA) is 21.3 Å². The van der Waals surface area contributed by atoms with Gasteiger partial charge in [-0.25, -0.2) is 0 Å². The van der Waals surface area contributed by atoms with Crippen molar-refractivity contribution < 1.29 is 4.74 Å². The van der Waals surface area contributed by atoms with Gasteiger partial charge in [-0.1, -0.05) is 33.1 Å². The van der Waals surface area contributed by atoms with E-state index < -0.39 is 0 Å². The van der Waals surface area contributed by atoms with Gasteiger partial charge in [-0.15, -0.1) is 0 Å². The number of rotatable bonds is 7. The van der Waals surface area contributed by atoms with Crippen molar-refractivity contribution >= 4 is 0 Å². The lowest BCUT2D eigenvalue weighted by Gasteiger charge is -2.41. The van der Waals surface area contributed by atoms with Gasteiger partial charge in [0, 0.05) is 13.2 Å². The second kappa shape index (κ2) is 5.86. The Morgan fingerprint density at radius 3 is 2.20 bits per heavy atom. The Morgan fingerprint density at radius 1 is 1.33 bits per heavy atom. The summed E-state index contributed by atoms with van der Waals surface area (Å²) in [5.41, 5.74) is 0.0460. The largest absolute Gasteiger partial charge is 0.377 e. The highest BCUT2D eigenvalue weighted by Crippen LogP contribution is 2.35. The number of hydrogen-bond acceptors (Lipinski definition) is 2. The number of methoxy groups -OCH3 is 1. The van der Waals surface area contributed by atoms with Crippen LogP contribution in [0.5, 0.6) is 0 Å². The normalized spacial score (nSPS) is 20.0. The van der Waals surface area contributed by atoms with Crippen LogP contribution in [0.1, 0.15) is 52.4 Å². The maximum absolute atomic E-state index is 5.80. The molecule has 0 aromatic heterocycles. The molecule has 0 aromatic carbocycles. The lowest BCUT2D eigenvalue weighted by atomic mass is 9.75. The number of hydrogen-bond donors (Lipinski definition) is 1. The van der Waals surface area contributed by atoms with E-state index in [0.717, 1.165) is 18.8 Å². The predicted octanol–water partition coefficient (Wildman–Crippen LogP) is 2.97. The monoisotopic (exact) mass is 213 g/mol. The van der Waals surface area contributed by atoms with Crippen molar-refractivity contribution in [1.29, 1.82) is 0 Å². The quantitative estimate of drug-likeness (QED) is 0.702. The first kappa shape index (κ1) is 13.0. The highest BCUT2D eigenvalue weighted by Gasteiger charge is 2.37. The fourth-order valence-corrected chi connectivity index (χ4v) is 2.83. The van der Waals surface area contributed by atoms with E-state index in [4.69, 9.17) is 4.74 Å². The maximum Gasteiger partial charge on any atom is 0.0825 e. The van der Waals surface area contributed by atoms with Gasteiger partial charge in [-0.2, -0.15) is 0 Å². The first-order chi connectivity index (χ1) is 7.22. The van der Waals surface area contributed by atoms with Crippen molar-refractivity contribution in [3.8, 4) is 0 Å². The SMILES string of the molecule is CCC(CC)(OC)C(CC1CCC1)NC. The molecule has 1 rings (SSSR count). The first-order valence-corrected chi connectivity index (χ1v) is 6.44. The molecular formula is C13H27NO. The van der Waals surface area contributed by atoms with Crippen molar-refractivity contribution in [2.75, 3.05) is 14.2 Å². The van der Waals surface area contributed by atoms with E-state index in [1.54, 1.807) is 0 Å². The predicted molar refractivity (Wildman–Crippen MR) is 65.1 cm³/mol. The van der Waals surface area contributed by atoms with E-state index >= 15 is 0 Å². The number of ether oxygens (including phenoxy) is 1. The molecule has 1 atom stereocenters. The summed E-state index contributed by atoms with van der Waals surface area (Å²) in [5.74, 6) is 0.940. The van der Waals surface area contributed by atoms with Crippen LogP contribution in [0.3, 0.4) is 0 Å². The Balaban J connectivity index is 2.58. The molecule has 1 aliphatic carbocycles. The molecule has 2 nitrogen and oxygen atoms in total. The summed E-state index contributed by atoms with van der Waals surface area (Å²) in [7, 11) is 3.93. The molecule has 0 saturated heterocycles. The van der Waals surface area contributed by atoms with Crippen LogP contribution in [0.2, 0.25) is 0 Å². The smallest absolute Gasteiger partial charge is 0.0825 e. The van der Waals surface area contributed by atoms with E-state index in [0.29, 0.717) is 6.04 Å². The van der Waals surface area contributed by atoms with Crippen LogP contribution in [0.4, 0.5) is 0 Å². The molecule has 0 aliphatic heterocycles. The van der Waals surface area contributed by atoms with Crippen molar-refractivity contribution in [2.45, 2.75) is 64.0 Å². The van der Waals surface area contributed by atoms with Crippen LogP contribution in [0.25, 0.3) is 0 Å². The summed E-state index contributed by atoms with van der Waals surface area (Å²) in [4.78, 5) is 0. The van der Waals surface area contributed by atoms with Gasteiger partial charge in [0.05, 0.1) is 5.60 Å². The number of nitrogens with one attached hydrogen (secondary N) is 1. The Hall–Kier alpha value is -0.0800. The third-order valence-electron chi connectivity index (χ3n) is 4.38. The summed E-state index contributed by atoms with van der Waals surface area (Å²) < 4.78 is 5.80. The molecule has 1 fully saturated rings. The molecule has 90 valence electrons. The second-order valence-corrected chi connectivity index (χ2v) is 4.85. The average molecular weight is 213 g/mol. The molecule has 1 unspecified atom stereocenters. The zero-order chi connectivity index (χ0) is 11.3. The average Bonchev–Trinajstić information content (AvgIpc) is 2.22. The highest BCUT2D eigenvalue weighted by atomic mass is 16.5. The molecule has 0 heterocycles. The second-order valence-electron chi connectivity index (χ2n) is 4.85. The van der Waals surface area contributed by atoms with Gasteiger partial charge in [0.25, 0.3) is 0 Å². The lowest BCUT2D eigenvalue weighted by Crippen LogP contribution is -2.51. The van der Waals surface area contributed by atoms with E-state index in [-0.39, 0.29) is 5.60 Å². The molecule has 0 amide bonds. The van der Waals surface area contributed by atoms with Gasteiger partial charge in [-0.3, -0.25) is 0 Å². The van der Waals surface area contributed by atoms with Gasteiger partial charge in [0.1, 0.15) is 0 Å². The van der Waals surface area contributed by atoms with E-state index in [1.807, 2.05) is 7.11 Å².